The maximum absolute atomic E-state index is 14.8. The molecule has 0 bridgehead atoms. The molecule has 3 aliphatic rings. The van der Waals surface area contributed by atoms with Crippen LogP contribution in [-0.2, 0) is 89.0 Å². The van der Waals surface area contributed by atoms with Crippen molar-refractivity contribution in [1.82, 2.24) is 20.6 Å². The number of aldehydes is 2. The number of carbonyl (C=O) groups is 4. The number of allylic oxidation sites excluding steroid dienone is 1. The number of carbonyl (C=O) groups excluding carboxylic acids is 4. The van der Waals surface area contributed by atoms with Gasteiger partial charge in [-0.2, -0.15) is 5.10 Å². The van der Waals surface area contributed by atoms with E-state index in [0.29, 0.717) is 211 Å². The van der Waals surface area contributed by atoms with Gasteiger partial charge < -0.3 is 82.3 Å². The van der Waals surface area contributed by atoms with Crippen LogP contribution < -0.4 is 21.2 Å². The van der Waals surface area contributed by atoms with E-state index in [1.165, 1.54) is 25.5 Å². The lowest BCUT2D eigenvalue weighted by atomic mass is 9.82. The summed E-state index contributed by atoms with van der Waals surface area (Å²) >= 11 is 0. The molecule has 1 aromatic heterocycles. The largest absolute Gasteiger partial charge is 0.491 e. The Hall–Kier alpha value is -5.71. The van der Waals surface area contributed by atoms with E-state index in [2.05, 4.69) is 20.7 Å². The number of aryl methyl sites for hydroxylation is 1. The summed E-state index contributed by atoms with van der Waals surface area (Å²) in [5, 5.41) is 8.57. The fourth-order valence-corrected chi connectivity index (χ4v) is 9.42. The predicted octanol–water partition coefficient (Wildman–Crippen LogP) is 5.03. The van der Waals surface area contributed by atoms with Crippen LogP contribution in [0.3, 0.4) is 0 Å². The summed E-state index contributed by atoms with van der Waals surface area (Å²) in [4.78, 5) is 54.2. The summed E-state index contributed by atoms with van der Waals surface area (Å²) in [6.45, 7) is 21.0. The lowest BCUT2D eigenvalue weighted by Crippen LogP contribution is -2.35. The van der Waals surface area contributed by atoms with Gasteiger partial charge >= 0.3 is 5.97 Å². The second-order valence-corrected chi connectivity index (χ2v) is 21.0. The Morgan fingerprint density at radius 3 is 1.70 bits per heavy atom. The third-order valence-corrected chi connectivity index (χ3v) is 14.4. The van der Waals surface area contributed by atoms with Crippen LogP contribution in [0.5, 0.6) is 5.75 Å². The van der Waals surface area contributed by atoms with Gasteiger partial charge in [0.05, 0.1) is 174 Å². The molecule has 0 spiro atoms. The topological polar surface area (TPSA) is 267 Å². The highest BCUT2D eigenvalue weighted by molar-refractivity contribution is 6.01. The van der Waals surface area contributed by atoms with Crippen LogP contribution >= 0.6 is 0 Å². The Balaban J connectivity index is 0.000000352. The van der Waals surface area contributed by atoms with Crippen molar-refractivity contribution in [1.29, 1.82) is 0 Å². The number of nitrogens with two attached hydrogens (primary N) is 1. The van der Waals surface area contributed by atoms with Gasteiger partial charge in [0.1, 0.15) is 42.8 Å². The Kier molecular flexibility index (Phi) is 33.7. The minimum Gasteiger partial charge on any atom is -0.491 e. The van der Waals surface area contributed by atoms with Gasteiger partial charge in [0.2, 0.25) is 0 Å². The van der Waals surface area contributed by atoms with Crippen molar-refractivity contribution in [3.63, 3.8) is 0 Å². The number of benzene rings is 2. The molecule has 484 valence electrons. The molecule has 2 unspecified atom stereocenters. The van der Waals surface area contributed by atoms with E-state index in [4.69, 9.17) is 72.3 Å². The molecule has 2 aliphatic heterocycles. The van der Waals surface area contributed by atoms with Gasteiger partial charge in [-0.25, -0.2) is 14.8 Å². The highest BCUT2D eigenvalue weighted by Gasteiger charge is 2.36. The normalized spacial score (nSPS) is 16.3. The van der Waals surface area contributed by atoms with Gasteiger partial charge in [-0.3, -0.25) is 14.4 Å². The van der Waals surface area contributed by atoms with Crippen molar-refractivity contribution in [2.45, 2.75) is 66.5 Å². The van der Waals surface area contributed by atoms with Crippen molar-refractivity contribution in [2.24, 2.45) is 22.2 Å². The first-order valence-electron chi connectivity index (χ1n) is 30.0. The average Bonchev–Trinajstić information content (AvgIpc) is 1.73. The van der Waals surface area contributed by atoms with Crippen molar-refractivity contribution in [3.05, 3.63) is 86.9 Å². The minimum atomic E-state index is -1.14. The van der Waals surface area contributed by atoms with Crippen molar-refractivity contribution in [3.8, 4) is 5.75 Å². The molecular formula is C63H93FN6O17. The molecule has 2 aromatic carbocycles. The van der Waals surface area contributed by atoms with Crippen LogP contribution in [0.1, 0.15) is 80.1 Å². The number of rotatable bonds is 44. The number of amides is 1. The molecule has 3 aromatic rings. The predicted molar refractivity (Wildman–Crippen MR) is 324 cm³/mol. The first-order chi connectivity index (χ1) is 42.3. The van der Waals surface area contributed by atoms with Gasteiger partial charge in [0, 0.05) is 48.8 Å². The third kappa shape index (κ3) is 24.0. The van der Waals surface area contributed by atoms with Crippen LogP contribution in [0.2, 0.25) is 0 Å². The quantitative estimate of drug-likeness (QED) is 0.0167. The molecule has 1 aliphatic carbocycles. The molecule has 0 fully saturated rings. The molecule has 0 saturated heterocycles. The second kappa shape index (κ2) is 40.8. The van der Waals surface area contributed by atoms with Crippen LogP contribution in [-0.4, -0.2) is 219 Å². The van der Waals surface area contributed by atoms with Gasteiger partial charge in [0.15, 0.2) is 0 Å². The van der Waals surface area contributed by atoms with Crippen molar-refractivity contribution >= 4 is 46.8 Å². The van der Waals surface area contributed by atoms with Crippen LogP contribution in [0.15, 0.2) is 52.7 Å². The molecule has 23 nitrogen and oxygen atoms in total. The summed E-state index contributed by atoms with van der Waals surface area (Å²) in [6.07, 6.45) is 5.53. The fourth-order valence-electron chi connectivity index (χ4n) is 9.42. The number of hydrogen-bond acceptors (Lipinski definition) is 22. The van der Waals surface area contributed by atoms with Gasteiger partial charge in [-0.1, -0.05) is 6.92 Å². The van der Waals surface area contributed by atoms with E-state index < -0.39 is 17.2 Å². The SMILES string of the molecule is C/C(=N/NC(=O)C(C)(C)C=O)c1ccc(OCCOCCOCCOCCOCCOCCOCCOCCOCCOCCOCCOCCN)cc1.CCC1C(=O)OCC(C=O)=C1/C=C1/c2nc3cc(F)c(C)c4c3c(c2CN1C)C(NC)CC4. The number of aromatic nitrogens is 1. The van der Waals surface area contributed by atoms with E-state index in [1.54, 1.807) is 6.92 Å². The molecule has 0 saturated carbocycles. The number of hydrogen-bond donors (Lipinski definition) is 3. The van der Waals surface area contributed by atoms with E-state index in [0.717, 1.165) is 52.6 Å². The van der Waals surface area contributed by atoms with Crippen LogP contribution in [0.4, 0.5) is 4.39 Å². The fraction of sp³-hybridized carbons (Fsp3) is 0.619. The zero-order valence-electron chi connectivity index (χ0n) is 52.0. The summed E-state index contributed by atoms with van der Waals surface area (Å²) in [7, 11) is 3.94. The number of hydrazone groups is 1. The Bertz CT molecular complexity index is 2670. The number of fused-ring (bicyclic) bond motifs is 2. The van der Waals surface area contributed by atoms with Crippen molar-refractivity contribution < 1.29 is 85.1 Å². The highest BCUT2D eigenvalue weighted by atomic mass is 19.1. The minimum absolute atomic E-state index is 0.0133. The first kappa shape index (κ1) is 72.0. The summed E-state index contributed by atoms with van der Waals surface area (Å²) in [5.74, 6) is -0.811. The van der Waals surface area contributed by atoms with Crippen molar-refractivity contribution in [2.75, 3.05) is 179 Å². The lowest BCUT2D eigenvalue weighted by molar-refractivity contribution is -0.147. The van der Waals surface area contributed by atoms with Crippen LogP contribution in [0.25, 0.3) is 16.6 Å². The highest BCUT2D eigenvalue weighted by Crippen LogP contribution is 2.45. The number of cyclic esters (lactones) is 1. The number of esters is 1. The van der Waals surface area contributed by atoms with Gasteiger partial charge in [-0.05, 0) is 112 Å². The van der Waals surface area contributed by atoms with Gasteiger partial charge in [0.25, 0.3) is 5.91 Å². The first-order valence-corrected chi connectivity index (χ1v) is 30.0. The van der Waals surface area contributed by atoms with E-state index in [1.807, 2.05) is 58.3 Å². The molecule has 87 heavy (non-hydrogen) atoms. The molecule has 0 radical (unpaired) electrons. The zero-order valence-corrected chi connectivity index (χ0v) is 52.0. The van der Waals surface area contributed by atoms with E-state index in [-0.39, 0.29) is 24.4 Å². The smallest absolute Gasteiger partial charge is 0.313 e. The Labute approximate surface area is 511 Å². The van der Waals surface area contributed by atoms with E-state index >= 15 is 0 Å². The number of halogens is 1. The van der Waals surface area contributed by atoms with Crippen LogP contribution in [0, 0.1) is 24.1 Å². The molecule has 1 amide bonds. The average molecular weight is 1230 g/mol. The maximum atomic E-state index is 14.8. The third-order valence-electron chi connectivity index (χ3n) is 14.4. The lowest BCUT2D eigenvalue weighted by Gasteiger charge is -2.28. The number of nitrogens with one attached hydrogen (secondary N) is 2. The number of nitrogens with zero attached hydrogens (tertiary/aromatic N) is 3. The molecule has 3 heterocycles. The molecule has 2 atom stereocenters. The van der Waals surface area contributed by atoms with E-state index in [9.17, 15) is 23.6 Å². The zero-order chi connectivity index (χ0) is 62.7. The Morgan fingerprint density at radius 1 is 0.770 bits per heavy atom. The monoisotopic (exact) mass is 1220 g/mol. The summed E-state index contributed by atoms with van der Waals surface area (Å²) in [6, 6.07) is 9.00. The standard InChI is InChI=1S/C37H65N3O14.C26H28FN3O3/c1-33(39-40-36(42)37(2,3)32-41)34-4-6-35(7-5-34)54-31-30-53-29-28-52-27-26-51-25-24-50-23-22-49-21-20-48-19-18-47-17-16-46-15-14-45-13-12-44-11-10-43-9-8-38;1-5-15-17(14(11-31)12-33-26(15)32)8-22-25-18(10-30(22)4)24-20(28-3)7-6-16-13(2)19(27)9-21(29-25)23(16)24/h4-7,32H,8-31,38H2,1-3H3,(H,40,42);8-9,11,15,20,28H,5-7,10,12H2,1-4H3/b39-33-;22-8-. The second-order valence-electron chi connectivity index (χ2n) is 21.0. The summed E-state index contributed by atoms with van der Waals surface area (Å²) in [5.41, 5.74) is 15.6. The Morgan fingerprint density at radius 2 is 1.25 bits per heavy atom. The molecular weight excluding hydrogens is 1130 g/mol. The maximum Gasteiger partial charge on any atom is 0.313 e. The molecule has 6 rings (SSSR count). The molecule has 4 N–H and O–H groups in total. The van der Waals surface area contributed by atoms with Gasteiger partial charge in [-0.15, -0.1) is 0 Å². The number of ether oxygens (including phenoxy) is 13. The number of pyridine rings is 1. The summed E-state index contributed by atoms with van der Waals surface area (Å²) < 4.78 is 85.6. The molecule has 24 heteroatoms.